The van der Waals surface area contributed by atoms with Gasteiger partial charge in [-0.15, -0.1) is 0 Å². The molecule has 2 rings (SSSR count). The number of hydrogen-bond acceptors (Lipinski definition) is 4. The number of methoxy groups -OCH3 is 1. The lowest BCUT2D eigenvalue weighted by Gasteiger charge is -2.24. The second kappa shape index (κ2) is 8.66. The van der Waals surface area contributed by atoms with Gasteiger partial charge in [0.2, 0.25) is 5.91 Å². The number of aldehydes is 1. The molecule has 1 atom stereocenters. The van der Waals surface area contributed by atoms with Crippen LogP contribution in [0.2, 0.25) is 0 Å². The van der Waals surface area contributed by atoms with Crippen molar-refractivity contribution >= 4 is 24.0 Å². The van der Waals surface area contributed by atoms with Crippen LogP contribution in [0, 0.1) is 0 Å². The molecule has 2 amide bonds. The predicted molar refractivity (Wildman–Crippen MR) is 96.9 cm³/mol. The molecule has 0 saturated heterocycles. The Labute approximate surface area is 151 Å². The van der Waals surface area contributed by atoms with Gasteiger partial charge in [0.1, 0.15) is 18.1 Å². The van der Waals surface area contributed by atoms with Crippen LogP contribution in [-0.2, 0) is 11.2 Å². The summed E-state index contributed by atoms with van der Waals surface area (Å²) in [6, 6.07) is 12.6. The summed E-state index contributed by atoms with van der Waals surface area (Å²) in [6.45, 7) is 0. The van der Waals surface area contributed by atoms with Gasteiger partial charge >= 0.3 is 6.09 Å². The molecule has 2 aromatic carbocycles. The van der Waals surface area contributed by atoms with E-state index in [1.54, 1.807) is 62.7 Å². The van der Waals surface area contributed by atoms with Crippen molar-refractivity contribution in [2.24, 2.45) is 0 Å². The number of nitrogens with zero attached hydrogens (tertiary/aromatic N) is 1. The Bertz CT molecular complexity index is 789. The number of amides is 2. The molecule has 136 valence electrons. The van der Waals surface area contributed by atoms with E-state index < -0.39 is 18.0 Å². The van der Waals surface area contributed by atoms with Crippen molar-refractivity contribution in [2.75, 3.05) is 19.1 Å². The minimum Gasteiger partial charge on any atom is -0.497 e. The van der Waals surface area contributed by atoms with Crippen molar-refractivity contribution in [1.82, 2.24) is 5.32 Å². The molecular weight excluding hydrogens is 336 g/mol. The molecule has 0 radical (unpaired) electrons. The largest absolute Gasteiger partial charge is 0.497 e. The summed E-state index contributed by atoms with van der Waals surface area (Å²) in [6.07, 6.45) is -0.458. The average Bonchev–Trinajstić information content (AvgIpc) is 2.66. The topological polar surface area (TPSA) is 95.9 Å². The maximum absolute atomic E-state index is 12.8. The fraction of sp³-hybridized carbons (Fsp3) is 0.211. The van der Waals surface area contributed by atoms with Crippen LogP contribution in [0.5, 0.6) is 5.75 Å². The van der Waals surface area contributed by atoms with E-state index in [0.29, 0.717) is 28.8 Å². The second-order valence-electron chi connectivity index (χ2n) is 5.66. The van der Waals surface area contributed by atoms with Crippen molar-refractivity contribution in [3.63, 3.8) is 0 Å². The summed E-state index contributed by atoms with van der Waals surface area (Å²) < 4.78 is 5.09. The van der Waals surface area contributed by atoms with Crippen molar-refractivity contribution in [3.05, 3.63) is 59.7 Å². The third-order valence-corrected chi connectivity index (χ3v) is 3.91. The van der Waals surface area contributed by atoms with Crippen molar-refractivity contribution < 1.29 is 24.2 Å². The summed E-state index contributed by atoms with van der Waals surface area (Å²) >= 11 is 0. The van der Waals surface area contributed by atoms with Gasteiger partial charge in [0.05, 0.1) is 7.11 Å². The maximum Gasteiger partial charge on any atom is 0.405 e. The van der Waals surface area contributed by atoms with E-state index in [4.69, 9.17) is 9.84 Å². The number of anilines is 1. The van der Waals surface area contributed by atoms with Crippen molar-refractivity contribution in [3.8, 4) is 5.75 Å². The van der Waals surface area contributed by atoms with Gasteiger partial charge in [-0.2, -0.15) is 0 Å². The molecule has 0 saturated carbocycles. The highest BCUT2D eigenvalue weighted by molar-refractivity contribution is 5.98. The smallest absolute Gasteiger partial charge is 0.405 e. The highest BCUT2D eigenvalue weighted by atomic mass is 16.5. The Hall–Kier alpha value is -3.35. The van der Waals surface area contributed by atoms with E-state index in [2.05, 4.69) is 5.32 Å². The molecule has 0 fully saturated rings. The summed E-state index contributed by atoms with van der Waals surface area (Å²) in [4.78, 5) is 36.2. The fourth-order valence-electron chi connectivity index (χ4n) is 2.55. The van der Waals surface area contributed by atoms with Crippen LogP contribution < -0.4 is 15.0 Å². The van der Waals surface area contributed by atoms with E-state index in [1.165, 1.54) is 4.90 Å². The van der Waals surface area contributed by atoms with E-state index in [0.717, 1.165) is 0 Å². The molecular formula is C19H20N2O5. The number of benzene rings is 2. The number of hydrogen-bond donors (Lipinski definition) is 2. The van der Waals surface area contributed by atoms with E-state index in [9.17, 15) is 14.4 Å². The fourth-order valence-corrected chi connectivity index (χ4v) is 2.55. The first kappa shape index (κ1) is 19.0. The van der Waals surface area contributed by atoms with Crippen LogP contribution in [0.3, 0.4) is 0 Å². The minimum absolute atomic E-state index is 0.132. The lowest BCUT2D eigenvalue weighted by Crippen LogP contribution is -2.48. The number of carbonyl (C=O) groups is 3. The summed E-state index contributed by atoms with van der Waals surface area (Å²) in [7, 11) is 3.12. The molecule has 7 nitrogen and oxygen atoms in total. The number of carboxylic acid groups (broad SMARTS) is 1. The Balaban J connectivity index is 2.21. The first-order chi connectivity index (χ1) is 12.4. The van der Waals surface area contributed by atoms with Gasteiger partial charge < -0.3 is 20.1 Å². The van der Waals surface area contributed by atoms with Crippen molar-refractivity contribution in [1.29, 1.82) is 0 Å². The molecule has 7 heteroatoms. The average molecular weight is 356 g/mol. The zero-order valence-electron chi connectivity index (χ0n) is 14.5. The number of likely N-dealkylation sites (N-methyl/N-ethyl adjacent to an activating group) is 1. The summed E-state index contributed by atoms with van der Waals surface area (Å²) in [5, 5.41) is 11.3. The monoisotopic (exact) mass is 356 g/mol. The standard InChI is InChI=1S/C19H20N2O5/c1-21(15-6-8-16(26-2)9-7-15)18(23)17(20-19(24)25)11-13-4-3-5-14(10-13)12-22/h3-10,12,17,20H,11H2,1-2H3,(H,24,25). The molecule has 0 aromatic heterocycles. The molecule has 1 unspecified atom stereocenters. The minimum atomic E-state index is -1.29. The van der Waals surface area contributed by atoms with Crippen LogP contribution >= 0.6 is 0 Å². The Morgan fingerprint density at radius 1 is 1.23 bits per heavy atom. The SMILES string of the molecule is COc1ccc(N(C)C(=O)C(Cc2cccc(C=O)c2)NC(=O)O)cc1. The molecule has 26 heavy (non-hydrogen) atoms. The maximum atomic E-state index is 12.8. The molecule has 0 aliphatic rings. The number of carbonyl (C=O) groups excluding carboxylic acids is 2. The van der Waals surface area contributed by atoms with Crippen LogP contribution in [-0.4, -0.2) is 43.6 Å². The van der Waals surface area contributed by atoms with E-state index in [1.807, 2.05) is 0 Å². The number of ether oxygens (including phenoxy) is 1. The normalized spacial score (nSPS) is 11.3. The number of nitrogens with one attached hydrogen (secondary N) is 1. The van der Waals surface area contributed by atoms with Crippen molar-refractivity contribution in [2.45, 2.75) is 12.5 Å². The van der Waals surface area contributed by atoms with Gasteiger partial charge in [0.15, 0.2) is 0 Å². The zero-order valence-corrected chi connectivity index (χ0v) is 14.5. The highest BCUT2D eigenvalue weighted by Gasteiger charge is 2.25. The Morgan fingerprint density at radius 3 is 2.50 bits per heavy atom. The van der Waals surface area contributed by atoms with Gasteiger partial charge in [0.25, 0.3) is 0 Å². The van der Waals surface area contributed by atoms with Gasteiger partial charge in [-0.25, -0.2) is 4.79 Å². The third-order valence-electron chi connectivity index (χ3n) is 3.91. The summed E-state index contributed by atoms with van der Waals surface area (Å²) in [5.74, 6) is 0.245. The van der Waals surface area contributed by atoms with Gasteiger partial charge in [-0.05, 0) is 35.9 Å². The van der Waals surface area contributed by atoms with Gasteiger partial charge in [-0.1, -0.05) is 18.2 Å². The predicted octanol–water partition coefficient (Wildman–Crippen LogP) is 2.35. The summed E-state index contributed by atoms with van der Waals surface area (Å²) in [5.41, 5.74) is 1.76. The molecule has 0 heterocycles. The molecule has 0 bridgehead atoms. The van der Waals surface area contributed by atoms with Gasteiger partial charge in [0, 0.05) is 24.7 Å². The quantitative estimate of drug-likeness (QED) is 0.743. The first-order valence-electron chi connectivity index (χ1n) is 7.89. The molecule has 0 spiro atoms. The van der Waals surface area contributed by atoms with Crippen LogP contribution in [0.15, 0.2) is 48.5 Å². The molecule has 2 aromatic rings. The number of rotatable bonds is 7. The highest BCUT2D eigenvalue weighted by Crippen LogP contribution is 2.19. The second-order valence-corrected chi connectivity index (χ2v) is 5.66. The molecule has 0 aliphatic heterocycles. The molecule has 2 N–H and O–H groups in total. The van der Waals surface area contributed by atoms with Crippen LogP contribution in [0.1, 0.15) is 15.9 Å². The Kier molecular flexibility index (Phi) is 6.32. The third kappa shape index (κ3) is 4.83. The van der Waals surface area contributed by atoms with Crippen LogP contribution in [0.25, 0.3) is 0 Å². The van der Waals surface area contributed by atoms with Crippen LogP contribution in [0.4, 0.5) is 10.5 Å². The molecule has 0 aliphatic carbocycles. The lowest BCUT2D eigenvalue weighted by atomic mass is 10.0. The van der Waals surface area contributed by atoms with E-state index >= 15 is 0 Å². The first-order valence-corrected chi connectivity index (χ1v) is 7.89. The lowest BCUT2D eigenvalue weighted by molar-refractivity contribution is -0.120. The van der Waals surface area contributed by atoms with E-state index in [-0.39, 0.29) is 6.42 Å². The Morgan fingerprint density at radius 2 is 1.92 bits per heavy atom. The van der Waals surface area contributed by atoms with Gasteiger partial charge in [-0.3, -0.25) is 9.59 Å². The zero-order chi connectivity index (χ0) is 19.1.